The summed E-state index contributed by atoms with van der Waals surface area (Å²) in [5.74, 6) is 0. The van der Waals surface area contributed by atoms with Gasteiger partial charge >= 0.3 is 0 Å². The minimum absolute atomic E-state index is 0.324. The van der Waals surface area contributed by atoms with Crippen molar-refractivity contribution in [1.82, 2.24) is 4.90 Å². The summed E-state index contributed by atoms with van der Waals surface area (Å²) < 4.78 is 1.16. The van der Waals surface area contributed by atoms with Gasteiger partial charge in [-0.1, -0.05) is 26.0 Å². The van der Waals surface area contributed by atoms with Gasteiger partial charge in [0.1, 0.15) is 0 Å². The number of hydrogen-bond donors (Lipinski definition) is 1. The number of thiophene rings is 1. The lowest BCUT2D eigenvalue weighted by atomic mass is 10.1. The van der Waals surface area contributed by atoms with E-state index >= 15 is 0 Å². The first-order valence-electron chi connectivity index (χ1n) is 7.44. The average molecular weight is 367 g/mol. The Balaban J connectivity index is 2.03. The zero-order valence-corrected chi connectivity index (χ0v) is 15.3. The maximum absolute atomic E-state index is 3.59. The van der Waals surface area contributed by atoms with Crippen LogP contribution in [0.5, 0.6) is 0 Å². The van der Waals surface area contributed by atoms with Crippen LogP contribution in [-0.2, 0) is 6.54 Å². The molecule has 1 N–H and O–H groups in total. The Morgan fingerprint density at radius 3 is 2.62 bits per heavy atom. The van der Waals surface area contributed by atoms with Crippen molar-refractivity contribution < 1.29 is 0 Å². The summed E-state index contributed by atoms with van der Waals surface area (Å²) in [5.41, 5.74) is 2.56. The van der Waals surface area contributed by atoms with Crippen LogP contribution in [0.1, 0.15) is 37.3 Å². The largest absolute Gasteiger partial charge is 0.378 e. The highest BCUT2D eigenvalue weighted by Gasteiger charge is 2.08. The van der Waals surface area contributed by atoms with Gasteiger partial charge in [-0.3, -0.25) is 4.90 Å². The third-order valence-electron chi connectivity index (χ3n) is 3.63. The highest BCUT2D eigenvalue weighted by Crippen LogP contribution is 2.28. The van der Waals surface area contributed by atoms with Crippen molar-refractivity contribution in [1.29, 1.82) is 0 Å². The van der Waals surface area contributed by atoms with Crippen LogP contribution in [-0.4, -0.2) is 18.0 Å². The number of hydrogen-bond acceptors (Lipinski definition) is 3. The molecular formula is C17H23BrN2S. The summed E-state index contributed by atoms with van der Waals surface area (Å²) in [4.78, 5) is 3.77. The fourth-order valence-corrected chi connectivity index (χ4v) is 3.79. The molecule has 2 aromatic rings. The molecule has 1 aromatic carbocycles. The number of nitrogens with one attached hydrogen (secondary N) is 1. The Kier molecular flexibility index (Phi) is 6.27. The second kappa shape index (κ2) is 7.97. The summed E-state index contributed by atoms with van der Waals surface area (Å²) in [6.45, 7) is 9.82. The average Bonchev–Trinajstić information content (AvgIpc) is 2.92. The van der Waals surface area contributed by atoms with E-state index in [9.17, 15) is 0 Å². The molecule has 1 aromatic heterocycles. The fraction of sp³-hybridized carbons (Fsp3) is 0.412. The number of anilines is 1. The van der Waals surface area contributed by atoms with E-state index in [-0.39, 0.29) is 0 Å². The lowest BCUT2D eigenvalue weighted by Gasteiger charge is -2.19. The van der Waals surface area contributed by atoms with Crippen molar-refractivity contribution in [2.45, 2.75) is 33.4 Å². The number of benzene rings is 1. The second-order valence-electron chi connectivity index (χ2n) is 5.20. The zero-order chi connectivity index (χ0) is 15.2. The van der Waals surface area contributed by atoms with Crippen LogP contribution in [0.3, 0.4) is 0 Å². The Morgan fingerprint density at radius 1 is 1.24 bits per heavy atom. The molecule has 0 aliphatic heterocycles. The number of halogens is 1. The van der Waals surface area contributed by atoms with Gasteiger partial charge < -0.3 is 5.32 Å². The molecule has 4 heteroatoms. The van der Waals surface area contributed by atoms with Crippen LogP contribution in [0, 0.1) is 0 Å². The van der Waals surface area contributed by atoms with Crippen LogP contribution in [0.25, 0.3) is 0 Å². The van der Waals surface area contributed by atoms with Crippen molar-refractivity contribution >= 4 is 33.0 Å². The van der Waals surface area contributed by atoms with Crippen molar-refractivity contribution in [2.75, 3.05) is 18.4 Å². The van der Waals surface area contributed by atoms with Gasteiger partial charge in [-0.2, -0.15) is 0 Å². The molecule has 1 heterocycles. The molecule has 1 unspecified atom stereocenters. The summed E-state index contributed by atoms with van der Waals surface area (Å²) in [6, 6.07) is 11.3. The van der Waals surface area contributed by atoms with E-state index in [1.807, 2.05) is 0 Å². The monoisotopic (exact) mass is 366 g/mol. The maximum Gasteiger partial charge on any atom is 0.0578 e. The van der Waals surface area contributed by atoms with Crippen molar-refractivity contribution in [3.63, 3.8) is 0 Å². The van der Waals surface area contributed by atoms with Crippen LogP contribution in [0.2, 0.25) is 0 Å². The van der Waals surface area contributed by atoms with Gasteiger partial charge in [-0.15, -0.1) is 11.3 Å². The summed E-state index contributed by atoms with van der Waals surface area (Å²) in [7, 11) is 0. The molecule has 0 bridgehead atoms. The Hall–Kier alpha value is -0.840. The zero-order valence-electron chi connectivity index (χ0n) is 12.9. The third kappa shape index (κ3) is 4.83. The maximum atomic E-state index is 3.59. The predicted molar refractivity (Wildman–Crippen MR) is 97.1 cm³/mol. The Morgan fingerprint density at radius 2 is 2.00 bits per heavy atom. The summed E-state index contributed by atoms with van der Waals surface area (Å²) in [5, 5.41) is 5.72. The molecule has 114 valence electrons. The second-order valence-corrected chi connectivity index (χ2v) is 7.05. The van der Waals surface area contributed by atoms with Gasteiger partial charge in [0.15, 0.2) is 0 Å². The van der Waals surface area contributed by atoms with E-state index < -0.39 is 0 Å². The van der Waals surface area contributed by atoms with Gasteiger partial charge in [0, 0.05) is 27.0 Å². The minimum Gasteiger partial charge on any atom is -0.378 e. The quantitative estimate of drug-likeness (QED) is 0.693. The molecule has 21 heavy (non-hydrogen) atoms. The smallest absolute Gasteiger partial charge is 0.0578 e. The molecule has 2 nitrogen and oxygen atoms in total. The predicted octanol–water partition coefficient (Wildman–Crippen LogP) is 5.53. The first-order valence-corrected chi connectivity index (χ1v) is 9.11. The van der Waals surface area contributed by atoms with E-state index in [2.05, 4.69) is 82.6 Å². The van der Waals surface area contributed by atoms with Crippen LogP contribution in [0.4, 0.5) is 5.69 Å². The first kappa shape index (κ1) is 16.5. The lowest BCUT2D eigenvalue weighted by molar-refractivity contribution is 0.296. The van der Waals surface area contributed by atoms with E-state index in [1.54, 1.807) is 11.3 Å². The number of nitrogens with zero attached hydrogens (tertiary/aromatic N) is 1. The molecule has 0 fully saturated rings. The van der Waals surface area contributed by atoms with Crippen molar-refractivity contribution in [3.8, 4) is 0 Å². The van der Waals surface area contributed by atoms with Gasteiger partial charge in [0.2, 0.25) is 0 Å². The van der Waals surface area contributed by atoms with Crippen LogP contribution >= 0.6 is 27.3 Å². The van der Waals surface area contributed by atoms with Gasteiger partial charge in [-0.25, -0.2) is 0 Å². The molecule has 0 spiro atoms. The van der Waals surface area contributed by atoms with Gasteiger partial charge in [0.05, 0.1) is 6.04 Å². The molecule has 0 aliphatic carbocycles. The van der Waals surface area contributed by atoms with E-state index in [0.717, 1.165) is 24.1 Å². The lowest BCUT2D eigenvalue weighted by Crippen LogP contribution is -2.22. The fourth-order valence-electron chi connectivity index (χ4n) is 2.34. The first-order chi connectivity index (χ1) is 10.1. The molecule has 0 saturated carbocycles. The molecule has 2 rings (SSSR count). The van der Waals surface area contributed by atoms with Crippen LogP contribution < -0.4 is 5.32 Å². The number of rotatable bonds is 7. The Bertz CT molecular complexity index is 563. The van der Waals surface area contributed by atoms with E-state index in [0.29, 0.717) is 6.04 Å². The SMILES string of the molecule is CCN(CC)Cc1cccc(NC(C)c2cc(Br)cs2)c1. The minimum atomic E-state index is 0.324. The third-order valence-corrected chi connectivity index (χ3v) is 5.50. The Labute approximate surface area is 140 Å². The van der Waals surface area contributed by atoms with Crippen LogP contribution in [0.15, 0.2) is 40.2 Å². The highest BCUT2D eigenvalue weighted by molar-refractivity contribution is 9.10. The molecular weight excluding hydrogens is 344 g/mol. The normalized spacial score (nSPS) is 12.6. The molecule has 1 atom stereocenters. The molecule has 0 aliphatic rings. The van der Waals surface area contributed by atoms with Crippen molar-refractivity contribution in [2.24, 2.45) is 0 Å². The van der Waals surface area contributed by atoms with E-state index in [4.69, 9.17) is 0 Å². The van der Waals surface area contributed by atoms with E-state index in [1.165, 1.54) is 16.1 Å². The topological polar surface area (TPSA) is 15.3 Å². The highest BCUT2D eigenvalue weighted by atomic mass is 79.9. The van der Waals surface area contributed by atoms with Gasteiger partial charge in [-0.05, 0) is 59.7 Å². The molecule has 0 radical (unpaired) electrons. The summed E-state index contributed by atoms with van der Waals surface area (Å²) >= 11 is 5.30. The van der Waals surface area contributed by atoms with Crippen molar-refractivity contribution in [3.05, 3.63) is 50.6 Å². The molecule has 0 amide bonds. The molecule has 0 saturated heterocycles. The summed E-state index contributed by atoms with van der Waals surface area (Å²) in [6.07, 6.45) is 0. The standard InChI is InChI=1S/C17H23BrN2S/c1-4-20(5-2)11-14-7-6-8-16(9-14)19-13(3)17-10-15(18)12-21-17/h6-10,12-13,19H,4-5,11H2,1-3H3. The van der Waals surface area contributed by atoms with Gasteiger partial charge in [0.25, 0.3) is 0 Å².